The minimum Gasteiger partial charge on any atom is -0.321 e. The standard InChI is InChI=1S/C14H13N3O2/c1-9-6-7-13(17-16-9)14(19)15-12-5-3-4-11(8-12)10(2)18/h3-8H,1-2H3,(H,15,19). The van der Waals surface area contributed by atoms with E-state index >= 15 is 0 Å². The molecule has 0 fully saturated rings. The van der Waals surface area contributed by atoms with E-state index in [1.807, 2.05) is 0 Å². The largest absolute Gasteiger partial charge is 0.321 e. The fraction of sp³-hybridized carbons (Fsp3) is 0.143. The number of amides is 1. The smallest absolute Gasteiger partial charge is 0.276 e. The predicted octanol–water partition coefficient (Wildman–Crippen LogP) is 2.24. The molecule has 1 aromatic carbocycles. The minimum atomic E-state index is -0.354. The van der Waals surface area contributed by atoms with Crippen LogP contribution in [0.3, 0.4) is 0 Å². The number of rotatable bonds is 3. The quantitative estimate of drug-likeness (QED) is 0.854. The lowest BCUT2D eigenvalue weighted by atomic mass is 10.1. The summed E-state index contributed by atoms with van der Waals surface area (Å²) in [6, 6.07) is 10.1. The molecule has 0 atom stereocenters. The van der Waals surface area contributed by atoms with Gasteiger partial charge in [-0.15, -0.1) is 5.10 Å². The van der Waals surface area contributed by atoms with Crippen molar-refractivity contribution in [2.24, 2.45) is 0 Å². The lowest BCUT2D eigenvalue weighted by Crippen LogP contribution is -2.14. The van der Waals surface area contributed by atoms with Gasteiger partial charge in [0.15, 0.2) is 11.5 Å². The van der Waals surface area contributed by atoms with Gasteiger partial charge in [0, 0.05) is 11.3 Å². The fourth-order valence-electron chi connectivity index (χ4n) is 1.53. The topological polar surface area (TPSA) is 72.0 Å². The molecule has 1 heterocycles. The third-order valence-electron chi connectivity index (χ3n) is 2.56. The number of nitrogens with one attached hydrogen (secondary N) is 1. The van der Waals surface area contributed by atoms with E-state index in [9.17, 15) is 9.59 Å². The molecule has 96 valence electrons. The first-order valence-corrected chi connectivity index (χ1v) is 5.79. The lowest BCUT2D eigenvalue weighted by molar-refractivity contribution is 0.100. The SMILES string of the molecule is CC(=O)c1cccc(NC(=O)c2ccc(C)nn2)c1. The summed E-state index contributed by atoms with van der Waals surface area (Å²) < 4.78 is 0. The van der Waals surface area contributed by atoms with Crippen molar-refractivity contribution in [3.05, 3.63) is 53.3 Å². The van der Waals surface area contributed by atoms with Crippen LogP contribution in [0.1, 0.15) is 33.5 Å². The molecule has 0 aliphatic carbocycles. The number of carbonyl (C=O) groups is 2. The number of anilines is 1. The summed E-state index contributed by atoms with van der Waals surface area (Å²) in [5, 5.41) is 10.3. The zero-order valence-corrected chi connectivity index (χ0v) is 10.7. The summed E-state index contributed by atoms with van der Waals surface area (Å²) in [5.41, 5.74) is 2.09. The second kappa shape index (κ2) is 5.39. The van der Waals surface area contributed by atoms with E-state index in [1.54, 1.807) is 43.3 Å². The molecular weight excluding hydrogens is 242 g/mol. The molecule has 2 rings (SSSR count). The Balaban J connectivity index is 2.17. The van der Waals surface area contributed by atoms with Crippen LogP contribution in [0.15, 0.2) is 36.4 Å². The van der Waals surface area contributed by atoms with Crippen molar-refractivity contribution in [3.63, 3.8) is 0 Å². The van der Waals surface area contributed by atoms with Gasteiger partial charge in [0.2, 0.25) is 0 Å². The molecule has 0 saturated carbocycles. The van der Waals surface area contributed by atoms with Crippen molar-refractivity contribution in [2.75, 3.05) is 5.32 Å². The molecule has 0 aliphatic rings. The van der Waals surface area contributed by atoms with Crippen LogP contribution in [0.5, 0.6) is 0 Å². The van der Waals surface area contributed by atoms with Crippen molar-refractivity contribution in [3.8, 4) is 0 Å². The Bertz CT molecular complexity index is 621. The maximum Gasteiger partial charge on any atom is 0.276 e. The number of aryl methyl sites for hydroxylation is 1. The Morgan fingerprint density at radius 1 is 1.11 bits per heavy atom. The van der Waals surface area contributed by atoms with Gasteiger partial charge in [0.05, 0.1) is 5.69 Å². The normalized spacial score (nSPS) is 10.0. The number of ketones is 1. The van der Waals surface area contributed by atoms with Crippen molar-refractivity contribution in [1.29, 1.82) is 0 Å². The van der Waals surface area contributed by atoms with Gasteiger partial charge in [0.25, 0.3) is 5.91 Å². The Morgan fingerprint density at radius 2 is 1.89 bits per heavy atom. The van der Waals surface area contributed by atoms with Gasteiger partial charge in [-0.2, -0.15) is 5.10 Å². The van der Waals surface area contributed by atoms with Crippen LogP contribution < -0.4 is 5.32 Å². The van der Waals surface area contributed by atoms with Gasteiger partial charge in [-0.05, 0) is 38.1 Å². The fourth-order valence-corrected chi connectivity index (χ4v) is 1.53. The Hall–Kier alpha value is -2.56. The van der Waals surface area contributed by atoms with Crippen LogP contribution in [-0.2, 0) is 0 Å². The van der Waals surface area contributed by atoms with E-state index in [0.29, 0.717) is 11.3 Å². The highest BCUT2D eigenvalue weighted by molar-refractivity contribution is 6.03. The molecule has 0 bridgehead atoms. The second-order valence-corrected chi connectivity index (χ2v) is 4.15. The lowest BCUT2D eigenvalue weighted by Gasteiger charge is -2.05. The van der Waals surface area contributed by atoms with Gasteiger partial charge in [-0.1, -0.05) is 12.1 Å². The van der Waals surface area contributed by atoms with Crippen LogP contribution in [0.4, 0.5) is 5.69 Å². The van der Waals surface area contributed by atoms with Crippen molar-refractivity contribution >= 4 is 17.4 Å². The van der Waals surface area contributed by atoms with Crippen LogP contribution >= 0.6 is 0 Å². The number of nitrogens with zero attached hydrogens (tertiary/aromatic N) is 2. The monoisotopic (exact) mass is 255 g/mol. The number of aromatic nitrogens is 2. The molecule has 1 N–H and O–H groups in total. The van der Waals surface area contributed by atoms with Crippen molar-refractivity contribution in [2.45, 2.75) is 13.8 Å². The second-order valence-electron chi connectivity index (χ2n) is 4.15. The summed E-state index contributed by atoms with van der Waals surface area (Å²) in [4.78, 5) is 23.2. The first kappa shape index (κ1) is 12.9. The summed E-state index contributed by atoms with van der Waals surface area (Å²) in [6.45, 7) is 3.28. The number of Topliss-reactive ketones (excluding diaryl/α,β-unsaturated/α-hetero) is 1. The molecular formula is C14H13N3O2. The highest BCUT2D eigenvalue weighted by atomic mass is 16.2. The summed E-state index contributed by atoms with van der Waals surface area (Å²) in [7, 11) is 0. The van der Waals surface area contributed by atoms with Gasteiger partial charge in [-0.3, -0.25) is 9.59 Å². The van der Waals surface area contributed by atoms with E-state index in [-0.39, 0.29) is 17.4 Å². The van der Waals surface area contributed by atoms with Gasteiger partial charge in [-0.25, -0.2) is 0 Å². The van der Waals surface area contributed by atoms with Crippen LogP contribution in [0, 0.1) is 6.92 Å². The summed E-state index contributed by atoms with van der Waals surface area (Å²) >= 11 is 0. The number of benzene rings is 1. The average molecular weight is 255 g/mol. The van der Waals surface area contributed by atoms with E-state index in [1.165, 1.54) is 6.92 Å². The summed E-state index contributed by atoms with van der Waals surface area (Å²) in [6.07, 6.45) is 0. The van der Waals surface area contributed by atoms with E-state index in [0.717, 1.165) is 5.69 Å². The van der Waals surface area contributed by atoms with Crippen molar-refractivity contribution < 1.29 is 9.59 Å². The Labute approximate surface area is 110 Å². The summed E-state index contributed by atoms with van der Waals surface area (Å²) in [5.74, 6) is -0.403. The maximum absolute atomic E-state index is 11.9. The Morgan fingerprint density at radius 3 is 2.53 bits per heavy atom. The molecule has 0 saturated heterocycles. The van der Waals surface area contributed by atoms with Crippen LogP contribution in [-0.4, -0.2) is 21.9 Å². The first-order valence-electron chi connectivity index (χ1n) is 5.79. The molecule has 5 heteroatoms. The molecule has 0 spiro atoms. The number of hydrogen-bond acceptors (Lipinski definition) is 4. The zero-order chi connectivity index (χ0) is 13.8. The first-order chi connectivity index (χ1) is 9.06. The van der Waals surface area contributed by atoms with Crippen LogP contribution in [0.2, 0.25) is 0 Å². The molecule has 2 aromatic rings. The Kier molecular flexibility index (Phi) is 3.66. The predicted molar refractivity (Wildman–Crippen MR) is 71.2 cm³/mol. The van der Waals surface area contributed by atoms with E-state index < -0.39 is 0 Å². The average Bonchev–Trinajstić information content (AvgIpc) is 2.39. The van der Waals surface area contributed by atoms with Gasteiger partial charge in [0.1, 0.15) is 0 Å². The third kappa shape index (κ3) is 3.22. The molecule has 1 aromatic heterocycles. The maximum atomic E-state index is 11.9. The minimum absolute atomic E-state index is 0.0498. The third-order valence-corrected chi connectivity index (χ3v) is 2.56. The highest BCUT2D eigenvalue weighted by Crippen LogP contribution is 2.12. The molecule has 0 aliphatic heterocycles. The van der Waals surface area contributed by atoms with E-state index in [4.69, 9.17) is 0 Å². The molecule has 19 heavy (non-hydrogen) atoms. The zero-order valence-electron chi connectivity index (χ0n) is 10.7. The molecule has 0 unspecified atom stereocenters. The van der Waals surface area contributed by atoms with E-state index in [2.05, 4.69) is 15.5 Å². The number of carbonyl (C=O) groups excluding carboxylic acids is 2. The molecule has 0 radical (unpaired) electrons. The van der Waals surface area contributed by atoms with Crippen molar-refractivity contribution in [1.82, 2.24) is 10.2 Å². The molecule has 5 nitrogen and oxygen atoms in total. The highest BCUT2D eigenvalue weighted by Gasteiger charge is 2.09. The molecule has 1 amide bonds. The van der Waals surface area contributed by atoms with Gasteiger partial charge < -0.3 is 5.32 Å². The van der Waals surface area contributed by atoms with Crippen LogP contribution in [0.25, 0.3) is 0 Å². The number of hydrogen-bond donors (Lipinski definition) is 1. The van der Waals surface area contributed by atoms with Gasteiger partial charge >= 0.3 is 0 Å².